The number of aliphatic hydroxyl groups excluding tert-OH is 1. The molecule has 1 saturated carbocycles. The van der Waals surface area contributed by atoms with Crippen LogP contribution in [0.2, 0.25) is 0 Å². The molecule has 25 heavy (non-hydrogen) atoms. The molecular weight excluding hydrogens is 316 g/mol. The third-order valence-electron chi connectivity index (χ3n) is 7.77. The fourth-order valence-corrected chi connectivity index (χ4v) is 6.29. The van der Waals surface area contributed by atoms with Crippen LogP contribution >= 0.6 is 0 Å². The third kappa shape index (κ3) is 1.85. The number of rotatable bonds is 0. The summed E-state index contributed by atoms with van der Waals surface area (Å²) >= 11 is 0. The number of aliphatic hydroxyl groups is 1. The Morgan fingerprint density at radius 3 is 2.68 bits per heavy atom. The Balaban J connectivity index is 1.57. The minimum absolute atomic E-state index is 0.0317. The third-order valence-corrected chi connectivity index (χ3v) is 7.77. The van der Waals surface area contributed by atoms with Gasteiger partial charge in [-0.1, -0.05) is 37.6 Å². The first-order valence-corrected chi connectivity index (χ1v) is 9.49. The van der Waals surface area contributed by atoms with Crippen molar-refractivity contribution in [2.75, 3.05) is 13.2 Å². The molecule has 0 bridgehead atoms. The number of carbonyl (C=O) groups excluding carboxylic acids is 1. The second kappa shape index (κ2) is 4.93. The van der Waals surface area contributed by atoms with E-state index < -0.39 is 11.9 Å². The van der Waals surface area contributed by atoms with E-state index in [9.17, 15) is 9.90 Å². The van der Waals surface area contributed by atoms with Crippen molar-refractivity contribution in [3.63, 3.8) is 0 Å². The molecule has 134 valence electrons. The summed E-state index contributed by atoms with van der Waals surface area (Å²) in [6, 6.07) is 0. The molecule has 4 heteroatoms. The zero-order valence-corrected chi connectivity index (χ0v) is 14.9. The van der Waals surface area contributed by atoms with Gasteiger partial charge >= 0.3 is 0 Å². The van der Waals surface area contributed by atoms with E-state index in [1.54, 1.807) is 0 Å². The van der Waals surface area contributed by atoms with E-state index in [-0.39, 0.29) is 34.4 Å². The molecule has 6 atom stereocenters. The number of ether oxygens (including phenoxy) is 2. The van der Waals surface area contributed by atoms with E-state index in [0.29, 0.717) is 19.6 Å². The maximum absolute atomic E-state index is 13.1. The van der Waals surface area contributed by atoms with Gasteiger partial charge in [0.05, 0.1) is 19.3 Å². The van der Waals surface area contributed by atoms with Crippen LogP contribution in [0.1, 0.15) is 33.1 Å². The molecule has 1 spiro atoms. The predicted molar refractivity (Wildman–Crippen MR) is 92.5 cm³/mol. The van der Waals surface area contributed by atoms with Gasteiger partial charge in [-0.3, -0.25) is 4.79 Å². The van der Waals surface area contributed by atoms with Crippen LogP contribution in [0.15, 0.2) is 36.0 Å². The molecule has 4 aliphatic carbocycles. The fraction of sp³-hybridized carbons (Fsp3) is 0.667. The minimum atomic E-state index is -0.646. The molecular formula is C21H26O4. The first kappa shape index (κ1) is 16.0. The first-order chi connectivity index (χ1) is 11.9. The van der Waals surface area contributed by atoms with Gasteiger partial charge in [0.15, 0.2) is 11.6 Å². The normalized spacial score (nSPS) is 49.7. The highest BCUT2D eigenvalue weighted by Crippen LogP contribution is 2.65. The molecule has 2 fully saturated rings. The van der Waals surface area contributed by atoms with Gasteiger partial charge in [0.1, 0.15) is 0 Å². The number of carbonyl (C=O) groups is 1. The molecule has 4 nitrogen and oxygen atoms in total. The van der Waals surface area contributed by atoms with Gasteiger partial charge in [0, 0.05) is 16.7 Å². The molecule has 5 aliphatic rings. The summed E-state index contributed by atoms with van der Waals surface area (Å²) in [6.45, 7) is 5.72. The fourth-order valence-electron chi connectivity index (χ4n) is 6.29. The minimum Gasteiger partial charge on any atom is -0.389 e. The zero-order valence-electron chi connectivity index (χ0n) is 14.9. The SMILES string of the molecule is C[C@]12C=CC(O)CC1=CC(=O)C1C2CC[C@@]2(C)C1C=CC21OCCO1. The van der Waals surface area contributed by atoms with Crippen LogP contribution in [0, 0.1) is 28.6 Å². The Morgan fingerprint density at radius 1 is 1.16 bits per heavy atom. The molecule has 1 heterocycles. The van der Waals surface area contributed by atoms with Crippen LogP contribution in [0.25, 0.3) is 0 Å². The quantitative estimate of drug-likeness (QED) is 0.688. The summed E-state index contributed by atoms with van der Waals surface area (Å²) in [5, 5.41) is 9.99. The van der Waals surface area contributed by atoms with Crippen LogP contribution < -0.4 is 0 Å². The smallest absolute Gasteiger partial charge is 0.194 e. The van der Waals surface area contributed by atoms with Crippen LogP contribution in [0.5, 0.6) is 0 Å². The zero-order chi connectivity index (χ0) is 17.4. The molecule has 0 aromatic heterocycles. The lowest BCUT2D eigenvalue weighted by Crippen LogP contribution is -2.57. The Labute approximate surface area is 148 Å². The van der Waals surface area contributed by atoms with Crippen molar-refractivity contribution in [1.82, 2.24) is 0 Å². The van der Waals surface area contributed by atoms with Gasteiger partial charge in [-0.15, -0.1) is 0 Å². The topological polar surface area (TPSA) is 55.8 Å². The standard InChI is InChI=1S/C21H26O4/c1-19-6-3-14(22)11-13(19)12-17(23)18-15(19)4-7-20(2)16(18)5-8-21(20)24-9-10-25-21/h3,5-6,8,12,14-16,18,22H,4,7,9-11H2,1-2H3/t14?,15?,16?,18?,19-,20-/m0/s1. The summed E-state index contributed by atoms with van der Waals surface area (Å²) in [5.74, 6) is -0.0342. The maximum Gasteiger partial charge on any atom is 0.194 e. The van der Waals surface area contributed by atoms with Gasteiger partial charge in [0.25, 0.3) is 0 Å². The average molecular weight is 342 g/mol. The second-order valence-electron chi connectivity index (χ2n) is 8.82. The van der Waals surface area contributed by atoms with E-state index in [1.165, 1.54) is 0 Å². The molecule has 0 aromatic rings. The first-order valence-electron chi connectivity index (χ1n) is 9.49. The van der Waals surface area contributed by atoms with E-state index in [4.69, 9.17) is 9.47 Å². The van der Waals surface area contributed by atoms with Crippen molar-refractivity contribution >= 4 is 5.78 Å². The lowest BCUT2D eigenvalue weighted by molar-refractivity contribution is -0.220. The largest absolute Gasteiger partial charge is 0.389 e. The summed E-state index contributed by atoms with van der Waals surface area (Å²) in [6.07, 6.45) is 12.2. The number of hydrogen-bond donors (Lipinski definition) is 1. The summed E-state index contributed by atoms with van der Waals surface area (Å²) in [4.78, 5) is 13.1. The van der Waals surface area contributed by atoms with Crippen LogP contribution in [0.4, 0.5) is 0 Å². The van der Waals surface area contributed by atoms with Gasteiger partial charge in [-0.25, -0.2) is 0 Å². The molecule has 0 amide bonds. The van der Waals surface area contributed by atoms with Crippen molar-refractivity contribution < 1.29 is 19.4 Å². The predicted octanol–water partition coefficient (Wildman–Crippen LogP) is 2.78. The van der Waals surface area contributed by atoms with Crippen LogP contribution in [-0.2, 0) is 14.3 Å². The van der Waals surface area contributed by atoms with Gasteiger partial charge in [-0.05, 0) is 43.3 Å². The van der Waals surface area contributed by atoms with E-state index in [1.807, 2.05) is 12.2 Å². The van der Waals surface area contributed by atoms with Crippen molar-refractivity contribution in [2.24, 2.45) is 28.6 Å². The Bertz CT molecular complexity index is 713. The lowest BCUT2D eigenvalue weighted by atomic mass is 9.48. The monoisotopic (exact) mass is 342 g/mol. The molecule has 0 aromatic carbocycles. The number of hydrogen-bond acceptors (Lipinski definition) is 4. The van der Waals surface area contributed by atoms with Gasteiger partial charge in [-0.2, -0.15) is 0 Å². The molecule has 4 unspecified atom stereocenters. The van der Waals surface area contributed by atoms with Crippen molar-refractivity contribution in [3.8, 4) is 0 Å². The van der Waals surface area contributed by atoms with Crippen molar-refractivity contribution in [2.45, 2.75) is 45.0 Å². The Morgan fingerprint density at radius 2 is 1.92 bits per heavy atom. The number of ketones is 1. The molecule has 5 rings (SSSR count). The molecule has 1 saturated heterocycles. The number of fused-ring (bicyclic) bond motifs is 6. The van der Waals surface area contributed by atoms with Crippen LogP contribution in [0.3, 0.4) is 0 Å². The highest BCUT2D eigenvalue weighted by Gasteiger charge is 2.65. The van der Waals surface area contributed by atoms with Crippen molar-refractivity contribution in [1.29, 1.82) is 0 Å². The second-order valence-corrected chi connectivity index (χ2v) is 8.82. The maximum atomic E-state index is 13.1. The average Bonchev–Trinajstić information content (AvgIpc) is 3.17. The van der Waals surface area contributed by atoms with E-state index >= 15 is 0 Å². The molecule has 1 aliphatic heterocycles. The summed E-state index contributed by atoms with van der Waals surface area (Å²) in [7, 11) is 0. The van der Waals surface area contributed by atoms with Crippen LogP contribution in [-0.4, -0.2) is 36.0 Å². The van der Waals surface area contributed by atoms with E-state index in [0.717, 1.165) is 18.4 Å². The Kier molecular flexibility index (Phi) is 3.15. The summed E-state index contributed by atoms with van der Waals surface area (Å²) in [5.41, 5.74) is 0.794. The highest BCUT2D eigenvalue weighted by atomic mass is 16.7. The van der Waals surface area contributed by atoms with Crippen molar-refractivity contribution in [3.05, 3.63) is 36.0 Å². The number of allylic oxidation sites excluding steroid dienone is 3. The Hall–Kier alpha value is -1.23. The lowest BCUT2D eigenvalue weighted by Gasteiger charge is -2.56. The van der Waals surface area contributed by atoms with E-state index in [2.05, 4.69) is 32.1 Å². The molecule has 1 N–H and O–H groups in total. The highest BCUT2D eigenvalue weighted by molar-refractivity contribution is 5.95. The van der Waals surface area contributed by atoms with Gasteiger partial charge < -0.3 is 14.6 Å². The van der Waals surface area contributed by atoms with Gasteiger partial charge in [0.2, 0.25) is 0 Å². The molecule has 0 radical (unpaired) electrons. The summed E-state index contributed by atoms with van der Waals surface area (Å²) < 4.78 is 12.1.